The second kappa shape index (κ2) is 10.9. The third-order valence-corrected chi connectivity index (χ3v) is 7.21. The Morgan fingerprint density at radius 3 is 2.56 bits per heavy atom. The van der Waals surface area contributed by atoms with E-state index in [1.807, 2.05) is 23.1 Å². The molecule has 2 saturated heterocycles. The molecule has 188 valence electrons. The zero-order valence-electron chi connectivity index (χ0n) is 20.5. The van der Waals surface area contributed by atoms with Gasteiger partial charge in [0.1, 0.15) is 11.5 Å². The maximum Gasteiger partial charge on any atom is 0.236 e. The van der Waals surface area contributed by atoms with Gasteiger partial charge in [-0.2, -0.15) is 0 Å². The quantitative estimate of drug-likeness (QED) is 0.568. The van der Waals surface area contributed by atoms with Crippen molar-refractivity contribution < 1.29 is 9.90 Å². The van der Waals surface area contributed by atoms with Crippen LogP contribution in [0.5, 0.6) is 0 Å². The minimum atomic E-state index is -0.326. The van der Waals surface area contributed by atoms with Crippen LogP contribution in [0.25, 0.3) is 22.5 Å². The van der Waals surface area contributed by atoms with Crippen molar-refractivity contribution in [3.05, 3.63) is 59.5 Å². The number of hydrogen-bond donors (Lipinski definition) is 1. The predicted molar refractivity (Wildman–Crippen MR) is 141 cm³/mol. The molecule has 0 radical (unpaired) electrons. The lowest BCUT2D eigenvalue weighted by Gasteiger charge is -2.37. The molecule has 0 bridgehead atoms. The molecule has 36 heavy (non-hydrogen) atoms. The highest BCUT2D eigenvalue weighted by atomic mass is 35.5. The van der Waals surface area contributed by atoms with Crippen molar-refractivity contribution >= 4 is 23.3 Å². The number of likely N-dealkylation sites (tertiary alicyclic amines) is 1. The van der Waals surface area contributed by atoms with Crippen molar-refractivity contribution in [2.45, 2.75) is 25.9 Å². The number of anilines is 1. The van der Waals surface area contributed by atoms with Crippen LogP contribution in [0.3, 0.4) is 0 Å². The lowest BCUT2D eigenvalue weighted by molar-refractivity contribution is -0.133. The van der Waals surface area contributed by atoms with Gasteiger partial charge in [0.15, 0.2) is 0 Å². The number of piperazine rings is 1. The molecular formula is C27H31ClN6O2. The molecule has 0 saturated carbocycles. The van der Waals surface area contributed by atoms with E-state index in [0.717, 1.165) is 42.0 Å². The number of aliphatic hydroxyl groups is 1. The number of pyridine rings is 1. The zero-order valence-corrected chi connectivity index (χ0v) is 21.2. The SMILES string of the molecule is Cc1ccc(-c2ncc(N3CCN(C(=O)CN4CCCC(O)C4)CC3)nc2-c2ccncc2Cl)cc1. The number of aliphatic hydroxyl groups excluding tert-OH is 1. The fourth-order valence-electron chi connectivity index (χ4n) is 4.86. The number of β-amino-alcohol motifs (C(OH)–C–C–N with tert-alkyl or cyclic N) is 1. The van der Waals surface area contributed by atoms with Crippen LogP contribution in [-0.2, 0) is 4.79 Å². The van der Waals surface area contributed by atoms with E-state index in [1.165, 1.54) is 5.56 Å². The number of rotatable bonds is 5. The molecule has 1 unspecified atom stereocenters. The van der Waals surface area contributed by atoms with E-state index in [1.54, 1.807) is 18.6 Å². The van der Waals surface area contributed by atoms with E-state index >= 15 is 0 Å². The Hall–Kier alpha value is -3.07. The molecule has 8 nitrogen and oxygen atoms in total. The monoisotopic (exact) mass is 506 g/mol. The summed E-state index contributed by atoms with van der Waals surface area (Å²) in [5.41, 5.74) is 4.42. The first-order valence-corrected chi connectivity index (χ1v) is 12.8. The molecule has 2 fully saturated rings. The van der Waals surface area contributed by atoms with Gasteiger partial charge in [0.05, 0.1) is 29.6 Å². The Morgan fingerprint density at radius 2 is 1.83 bits per heavy atom. The van der Waals surface area contributed by atoms with E-state index in [9.17, 15) is 9.90 Å². The molecule has 2 aliphatic rings. The normalized spacial score (nSPS) is 18.9. The summed E-state index contributed by atoms with van der Waals surface area (Å²) >= 11 is 6.52. The summed E-state index contributed by atoms with van der Waals surface area (Å²) in [5.74, 6) is 0.883. The molecule has 1 N–H and O–H groups in total. The summed E-state index contributed by atoms with van der Waals surface area (Å²) in [6, 6.07) is 10.1. The Kier molecular flexibility index (Phi) is 7.46. The molecule has 2 aliphatic heterocycles. The minimum absolute atomic E-state index is 0.119. The van der Waals surface area contributed by atoms with Crippen molar-refractivity contribution in [1.29, 1.82) is 0 Å². The summed E-state index contributed by atoms with van der Waals surface area (Å²) in [4.78, 5) is 32.9. The summed E-state index contributed by atoms with van der Waals surface area (Å²) in [6.45, 7) is 6.48. The molecule has 1 amide bonds. The largest absolute Gasteiger partial charge is 0.392 e. The molecule has 9 heteroatoms. The van der Waals surface area contributed by atoms with Gasteiger partial charge < -0.3 is 14.9 Å². The Bertz CT molecular complexity index is 1210. The minimum Gasteiger partial charge on any atom is -0.392 e. The third kappa shape index (κ3) is 5.51. The lowest BCUT2D eigenvalue weighted by atomic mass is 10.0. The second-order valence-corrected chi connectivity index (χ2v) is 9.95. The summed E-state index contributed by atoms with van der Waals surface area (Å²) in [5, 5.41) is 10.4. The Morgan fingerprint density at radius 1 is 1.06 bits per heavy atom. The topological polar surface area (TPSA) is 85.7 Å². The predicted octanol–water partition coefficient (Wildman–Crippen LogP) is 3.27. The standard InChI is InChI=1S/C27H31ClN6O2/c1-19-4-6-20(7-5-19)26-27(22-8-9-29-15-23(22)28)31-24(16-30-26)33-11-13-34(14-12-33)25(36)18-32-10-2-3-21(35)17-32/h4-9,15-16,21,35H,2-3,10-14,17-18H2,1H3. The maximum absolute atomic E-state index is 12.9. The molecule has 1 aromatic carbocycles. The van der Waals surface area contributed by atoms with Crippen LogP contribution < -0.4 is 4.90 Å². The number of carbonyl (C=O) groups excluding carboxylic acids is 1. The van der Waals surface area contributed by atoms with Gasteiger partial charge in [-0.15, -0.1) is 0 Å². The molecule has 5 rings (SSSR count). The van der Waals surface area contributed by atoms with Gasteiger partial charge in [-0.1, -0.05) is 41.4 Å². The van der Waals surface area contributed by atoms with Crippen LogP contribution in [0, 0.1) is 6.92 Å². The number of aromatic nitrogens is 3. The van der Waals surface area contributed by atoms with Crippen LogP contribution in [0.4, 0.5) is 5.82 Å². The van der Waals surface area contributed by atoms with E-state index in [0.29, 0.717) is 50.0 Å². The van der Waals surface area contributed by atoms with E-state index in [2.05, 4.69) is 33.8 Å². The average molecular weight is 507 g/mol. The molecular weight excluding hydrogens is 476 g/mol. The van der Waals surface area contributed by atoms with Crippen LogP contribution in [-0.4, -0.2) is 87.7 Å². The number of halogens is 1. The molecule has 1 atom stereocenters. The number of benzene rings is 1. The molecule has 2 aromatic heterocycles. The fourth-order valence-corrected chi connectivity index (χ4v) is 5.07. The van der Waals surface area contributed by atoms with E-state index < -0.39 is 0 Å². The molecule has 4 heterocycles. The van der Waals surface area contributed by atoms with Gasteiger partial charge >= 0.3 is 0 Å². The summed E-state index contributed by atoms with van der Waals surface area (Å²) < 4.78 is 0. The molecule has 0 aliphatic carbocycles. The molecule has 0 spiro atoms. The van der Waals surface area contributed by atoms with Crippen LogP contribution in [0.1, 0.15) is 18.4 Å². The highest BCUT2D eigenvalue weighted by Crippen LogP contribution is 2.34. The average Bonchev–Trinajstić information content (AvgIpc) is 2.89. The van der Waals surface area contributed by atoms with Crippen molar-refractivity contribution in [1.82, 2.24) is 24.8 Å². The summed E-state index contributed by atoms with van der Waals surface area (Å²) in [6.07, 6.45) is 6.56. The molecule has 3 aromatic rings. The van der Waals surface area contributed by atoms with E-state index in [4.69, 9.17) is 21.6 Å². The van der Waals surface area contributed by atoms with Gasteiger partial charge in [0.25, 0.3) is 0 Å². The number of carbonyl (C=O) groups is 1. The van der Waals surface area contributed by atoms with Crippen LogP contribution in [0.15, 0.2) is 48.9 Å². The summed E-state index contributed by atoms with van der Waals surface area (Å²) in [7, 11) is 0. The van der Waals surface area contributed by atoms with Crippen molar-refractivity contribution in [3.63, 3.8) is 0 Å². The first-order valence-electron chi connectivity index (χ1n) is 12.4. The number of hydrogen-bond acceptors (Lipinski definition) is 7. The number of nitrogens with zero attached hydrogens (tertiary/aromatic N) is 6. The van der Waals surface area contributed by atoms with Crippen molar-refractivity contribution in [2.75, 3.05) is 50.7 Å². The fraction of sp³-hybridized carbons (Fsp3) is 0.407. The van der Waals surface area contributed by atoms with Gasteiger partial charge in [0.2, 0.25) is 5.91 Å². The number of piperidine rings is 1. The number of aryl methyl sites for hydroxylation is 1. The van der Waals surface area contributed by atoms with Gasteiger partial charge in [-0.3, -0.25) is 19.7 Å². The first-order chi connectivity index (χ1) is 17.5. The highest BCUT2D eigenvalue weighted by molar-refractivity contribution is 6.33. The van der Waals surface area contributed by atoms with Gasteiger partial charge in [-0.05, 0) is 32.4 Å². The van der Waals surface area contributed by atoms with Crippen molar-refractivity contribution in [3.8, 4) is 22.5 Å². The van der Waals surface area contributed by atoms with Crippen LogP contribution in [0.2, 0.25) is 5.02 Å². The van der Waals surface area contributed by atoms with Gasteiger partial charge in [0, 0.05) is 56.2 Å². The highest BCUT2D eigenvalue weighted by Gasteiger charge is 2.26. The second-order valence-electron chi connectivity index (χ2n) is 9.55. The Labute approximate surface area is 216 Å². The Balaban J connectivity index is 1.33. The van der Waals surface area contributed by atoms with E-state index in [-0.39, 0.29) is 12.0 Å². The lowest BCUT2D eigenvalue weighted by Crippen LogP contribution is -2.52. The third-order valence-electron chi connectivity index (χ3n) is 6.91. The number of amides is 1. The smallest absolute Gasteiger partial charge is 0.236 e. The van der Waals surface area contributed by atoms with Gasteiger partial charge in [-0.25, -0.2) is 4.98 Å². The van der Waals surface area contributed by atoms with Crippen LogP contribution >= 0.6 is 11.6 Å². The first kappa shape index (κ1) is 24.6. The zero-order chi connectivity index (χ0) is 25.1. The van der Waals surface area contributed by atoms with Crippen molar-refractivity contribution in [2.24, 2.45) is 0 Å². The maximum atomic E-state index is 12.9.